The smallest absolute Gasteiger partial charge is 0.326 e. The summed E-state index contributed by atoms with van der Waals surface area (Å²) in [6, 6.07) is 20.5. The summed E-state index contributed by atoms with van der Waals surface area (Å²) >= 11 is 0. The van der Waals surface area contributed by atoms with Crippen LogP contribution in [0.1, 0.15) is 18.4 Å². The molecular weight excluding hydrogens is 400 g/mol. The van der Waals surface area contributed by atoms with Gasteiger partial charge in [0.1, 0.15) is 0 Å². The van der Waals surface area contributed by atoms with E-state index in [2.05, 4.69) is 52.7 Å². The number of piperidine rings is 1. The first-order chi connectivity index (χ1) is 15.5. The first-order valence-electron chi connectivity index (χ1n) is 11.2. The van der Waals surface area contributed by atoms with Gasteiger partial charge in [-0.25, -0.2) is 4.79 Å². The maximum absolute atomic E-state index is 13.1. The molecule has 1 saturated heterocycles. The van der Waals surface area contributed by atoms with Crippen molar-refractivity contribution in [3.05, 3.63) is 76.7 Å². The van der Waals surface area contributed by atoms with Crippen LogP contribution >= 0.6 is 0 Å². The summed E-state index contributed by atoms with van der Waals surface area (Å²) in [5, 5.41) is 5.62. The summed E-state index contributed by atoms with van der Waals surface area (Å²) in [5.41, 5.74) is 3.64. The van der Waals surface area contributed by atoms with Gasteiger partial charge in [0.2, 0.25) is 5.91 Å². The van der Waals surface area contributed by atoms with E-state index in [1.54, 1.807) is 23.2 Å². The van der Waals surface area contributed by atoms with Gasteiger partial charge in [0.15, 0.2) is 0 Å². The Kier molecular flexibility index (Phi) is 5.31. The van der Waals surface area contributed by atoms with Crippen molar-refractivity contribution in [3.8, 4) is 0 Å². The number of aromatic nitrogens is 2. The molecule has 1 unspecified atom stereocenters. The Hall–Kier alpha value is -3.38. The minimum absolute atomic E-state index is 0.0472. The first-order valence-corrected chi connectivity index (χ1v) is 11.2. The molecule has 164 valence electrons. The van der Waals surface area contributed by atoms with Gasteiger partial charge < -0.3 is 5.32 Å². The molecule has 4 aromatic rings. The van der Waals surface area contributed by atoms with E-state index < -0.39 is 0 Å². The van der Waals surface area contributed by atoms with Crippen LogP contribution in [0.3, 0.4) is 0 Å². The van der Waals surface area contributed by atoms with Crippen molar-refractivity contribution in [2.45, 2.75) is 19.4 Å². The molecule has 6 nitrogen and oxygen atoms in total. The van der Waals surface area contributed by atoms with Crippen molar-refractivity contribution >= 4 is 33.4 Å². The molecule has 0 saturated carbocycles. The van der Waals surface area contributed by atoms with Gasteiger partial charge in [0.05, 0.1) is 17.0 Å². The predicted octanol–water partition coefficient (Wildman–Crippen LogP) is 3.88. The zero-order valence-corrected chi connectivity index (χ0v) is 18.5. The van der Waals surface area contributed by atoms with Gasteiger partial charge in [0.25, 0.3) is 0 Å². The van der Waals surface area contributed by atoms with E-state index in [4.69, 9.17) is 0 Å². The molecule has 32 heavy (non-hydrogen) atoms. The van der Waals surface area contributed by atoms with Crippen molar-refractivity contribution in [2.24, 2.45) is 20.0 Å². The summed E-state index contributed by atoms with van der Waals surface area (Å²) in [5.74, 6) is 0.00178. The fourth-order valence-electron chi connectivity index (χ4n) is 4.91. The number of benzene rings is 3. The van der Waals surface area contributed by atoms with Crippen LogP contribution < -0.4 is 11.0 Å². The lowest BCUT2D eigenvalue weighted by atomic mass is 9.96. The number of hydrogen-bond acceptors (Lipinski definition) is 3. The van der Waals surface area contributed by atoms with Gasteiger partial charge in [-0.3, -0.25) is 18.8 Å². The standard InChI is InChI=1S/C26H28N4O2/c1-28-23-13-12-21(15-24(23)29(2)26(28)32)27-25(31)20-10-6-14-30(17-20)16-19-9-5-8-18-7-3-4-11-22(18)19/h3-5,7-9,11-13,15,20H,6,10,14,16-17H2,1-2H3,(H,27,31). The van der Waals surface area contributed by atoms with E-state index in [0.29, 0.717) is 0 Å². The van der Waals surface area contributed by atoms with Gasteiger partial charge in [-0.2, -0.15) is 0 Å². The fraction of sp³-hybridized carbons (Fsp3) is 0.308. The van der Waals surface area contributed by atoms with Crippen molar-refractivity contribution in [3.63, 3.8) is 0 Å². The molecule has 1 atom stereocenters. The molecule has 6 heteroatoms. The van der Waals surface area contributed by atoms with Crippen LogP contribution in [0, 0.1) is 5.92 Å². The monoisotopic (exact) mass is 428 g/mol. The number of amides is 1. The number of aryl methyl sites for hydroxylation is 2. The molecule has 0 spiro atoms. The summed E-state index contributed by atoms with van der Waals surface area (Å²) in [6.45, 7) is 2.61. The third-order valence-electron chi connectivity index (χ3n) is 6.69. The SMILES string of the molecule is Cn1c(=O)n(C)c2cc(NC(=O)C3CCCN(Cc4cccc5ccccc45)C3)ccc21. The Morgan fingerprint density at radius 3 is 2.66 bits per heavy atom. The third-order valence-corrected chi connectivity index (χ3v) is 6.69. The van der Waals surface area contributed by atoms with Crippen molar-refractivity contribution in [2.75, 3.05) is 18.4 Å². The van der Waals surface area contributed by atoms with Crippen molar-refractivity contribution in [1.29, 1.82) is 0 Å². The lowest BCUT2D eigenvalue weighted by Crippen LogP contribution is -2.40. The first kappa shape index (κ1) is 20.5. The highest BCUT2D eigenvalue weighted by Crippen LogP contribution is 2.25. The number of nitrogens with zero attached hydrogens (tertiary/aromatic N) is 3. The van der Waals surface area contributed by atoms with E-state index >= 15 is 0 Å². The van der Waals surface area contributed by atoms with Crippen LogP contribution in [0.5, 0.6) is 0 Å². The second kappa shape index (κ2) is 8.28. The molecule has 0 aliphatic carbocycles. The number of fused-ring (bicyclic) bond motifs is 2. The fourth-order valence-corrected chi connectivity index (χ4v) is 4.91. The summed E-state index contributed by atoms with van der Waals surface area (Å²) in [4.78, 5) is 27.6. The van der Waals surface area contributed by atoms with Crippen LogP contribution in [-0.2, 0) is 25.4 Å². The zero-order chi connectivity index (χ0) is 22.2. The number of likely N-dealkylation sites (tertiary alicyclic amines) is 1. The van der Waals surface area contributed by atoms with Crippen molar-refractivity contribution in [1.82, 2.24) is 14.0 Å². The summed E-state index contributed by atoms with van der Waals surface area (Å²) in [6.07, 6.45) is 1.90. The number of rotatable bonds is 4. The number of carbonyl (C=O) groups is 1. The minimum Gasteiger partial charge on any atom is -0.326 e. The molecule has 1 aliphatic heterocycles. The number of hydrogen-bond donors (Lipinski definition) is 1. The molecule has 0 bridgehead atoms. The highest BCUT2D eigenvalue weighted by Gasteiger charge is 2.26. The molecule has 5 rings (SSSR count). The van der Waals surface area contributed by atoms with Crippen LogP contribution in [0.4, 0.5) is 5.69 Å². The molecule has 1 fully saturated rings. The lowest BCUT2D eigenvalue weighted by Gasteiger charge is -2.32. The maximum Gasteiger partial charge on any atom is 0.328 e. The number of anilines is 1. The summed E-state index contributed by atoms with van der Waals surface area (Å²) < 4.78 is 3.23. The Morgan fingerprint density at radius 2 is 1.78 bits per heavy atom. The van der Waals surface area contributed by atoms with Crippen LogP contribution in [0.25, 0.3) is 21.8 Å². The topological polar surface area (TPSA) is 59.3 Å². The normalized spacial score (nSPS) is 17.1. The lowest BCUT2D eigenvalue weighted by molar-refractivity contribution is -0.121. The number of carbonyl (C=O) groups excluding carboxylic acids is 1. The minimum atomic E-state index is -0.0696. The predicted molar refractivity (Wildman–Crippen MR) is 129 cm³/mol. The Labute approximate surface area is 187 Å². The van der Waals surface area contributed by atoms with E-state index in [9.17, 15) is 9.59 Å². The molecule has 1 aromatic heterocycles. The maximum atomic E-state index is 13.1. The van der Waals surface area contributed by atoms with Crippen molar-refractivity contribution < 1.29 is 4.79 Å². The number of nitrogens with one attached hydrogen (secondary N) is 1. The molecule has 1 N–H and O–H groups in total. The molecule has 1 aliphatic rings. The Morgan fingerprint density at radius 1 is 1.00 bits per heavy atom. The van der Waals surface area contributed by atoms with E-state index in [1.165, 1.54) is 16.3 Å². The molecular formula is C26H28N4O2. The third kappa shape index (κ3) is 3.71. The van der Waals surface area contributed by atoms with E-state index in [1.807, 2.05) is 18.2 Å². The highest BCUT2D eigenvalue weighted by atomic mass is 16.2. The largest absolute Gasteiger partial charge is 0.328 e. The van der Waals surface area contributed by atoms with Gasteiger partial charge in [-0.15, -0.1) is 0 Å². The second-order valence-electron chi connectivity index (χ2n) is 8.81. The van der Waals surface area contributed by atoms with E-state index in [0.717, 1.165) is 49.2 Å². The Balaban J connectivity index is 1.30. The van der Waals surface area contributed by atoms with Crippen LogP contribution in [-0.4, -0.2) is 33.0 Å². The molecule has 0 radical (unpaired) electrons. The number of imidazole rings is 1. The van der Waals surface area contributed by atoms with Crippen LogP contribution in [0.2, 0.25) is 0 Å². The zero-order valence-electron chi connectivity index (χ0n) is 18.5. The average Bonchev–Trinajstić information content (AvgIpc) is 3.03. The second-order valence-corrected chi connectivity index (χ2v) is 8.81. The molecule has 2 heterocycles. The van der Waals surface area contributed by atoms with Gasteiger partial charge >= 0.3 is 5.69 Å². The molecule has 1 amide bonds. The average molecular weight is 429 g/mol. The van der Waals surface area contributed by atoms with Crippen LogP contribution in [0.15, 0.2) is 65.5 Å². The highest BCUT2D eigenvalue weighted by molar-refractivity contribution is 5.94. The van der Waals surface area contributed by atoms with E-state index in [-0.39, 0.29) is 17.5 Å². The van der Waals surface area contributed by atoms with Gasteiger partial charge in [-0.05, 0) is 53.9 Å². The quantitative estimate of drug-likeness (QED) is 0.537. The molecule has 3 aromatic carbocycles. The van der Waals surface area contributed by atoms with Gasteiger partial charge in [-0.1, -0.05) is 42.5 Å². The van der Waals surface area contributed by atoms with Gasteiger partial charge in [0, 0.05) is 32.9 Å². The summed E-state index contributed by atoms with van der Waals surface area (Å²) in [7, 11) is 3.51. The Bertz CT molecular complexity index is 1360.